The molecule has 104 valence electrons. The van der Waals surface area contributed by atoms with Crippen molar-refractivity contribution in [1.29, 1.82) is 0 Å². The van der Waals surface area contributed by atoms with E-state index in [0.717, 1.165) is 49.4 Å². The van der Waals surface area contributed by atoms with E-state index in [1.165, 1.54) is 0 Å². The van der Waals surface area contributed by atoms with Gasteiger partial charge >= 0.3 is 0 Å². The summed E-state index contributed by atoms with van der Waals surface area (Å²) in [5.41, 5.74) is 1.09. The summed E-state index contributed by atoms with van der Waals surface area (Å²) in [6, 6.07) is 8.52. The molecule has 0 saturated carbocycles. The highest BCUT2D eigenvalue weighted by Gasteiger charge is 2.28. The van der Waals surface area contributed by atoms with Gasteiger partial charge in [0.05, 0.1) is 19.3 Å². The Morgan fingerprint density at radius 2 is 1.68 bits per heavy atom. The van der Waals surface area contributed by atoms with Gasteiger partial charge in [0.25, 0.3) is 0 Å². The van der Waals surface area contributed by atoms with E-state index in [0.29, 0.717) is 6.04 Å². The highest BCUT2D eigenvalue weighted by Crippen LogP contribution is 2.25. The number of hydrogen-bond acceptors (Lipinski definition) is 4. The van der Waals surface area contributed by atoms with Gasteiger partial charge in [0, 0.05) is 36.2 Å². The van der Waals surface area contributed by atoms with E-state index in [2.05, 4.69) is 26.1 Å². The first-order valence-electron chi connectivity index (χ1n) is 6.76. The van der Waals surface area contributed by atoms with Gasteiger partial charge in [-0.05, 0) is 12.1 Å². The fourth-order valence-corrected chi connectivity index (χ4v) is 2.83. The van der Waals surface area contributed by atoms with Crippen molar-refractivity contribution in [3.8, 4) is 0 Å². The molecule has 0 bridgehead atoms. The van der Waals surface area contributed by atoms with Crippen molar-refractivity contribution in [1.82, 2.24) is 10.2 Å². The SMILES string of the molecule is Brc1ccc(C2OCC(N3CCNCC3)CO2)cc1. The Morgan fingerprint density at radius 1 is 1.05 bits per heavy atom. The number of nitrogens with one attached hydrogen (secondary N) is 1. The van der Waals surface area contributed by atoms with E-state index in [9.17, 15) is 0 Å². The van der Waals surface area contributed by atoms with Crippen LogP contribution in [0.2, 0.25) is 0 Å². The first kappa shape index (κ1) is 13.5. The van der Waals surface area contributed by atoms with Gasteiger partial charge < -0.3 is 14.8 Å². The summed E-state index contributed by atoms with van der Waals surface area (Å²) in [4.78, 5) is 2.45. The quantitative estimate of drug-likeness (QED) is 0.898. The topological polar surface area (TPSA) is 33.7 Å². The Hall–Kier alpha value is -0.460. The second-order valence-electron chi connectivity index (χ2n) is 4.99. The fraction of sp³-hybridized carbons (Fsp3) is 0.571. The lowest BCUT2D eigenvalue weighted by Crippen LogP contribution is -2.53. The van der Waals surface area contributed by atoms with Gasteiger partial charge in [-0.15, -0.1) is 0 Å². The number of ether oxygens (including phenoxy) is 2. The molecule has 1 N–H and O–H groups in total. The van der Waals surface area contributed by atoms with Crippen molar-refractivity contribution in [3.63, 3.8) is 0 Å². The van der Waals surface area contributed by atoms with Crippen LogP contribution in [0.3, 0.4) is 0 Å². The van der Waals surface area contributed by atoms with Crippen molar-refractivity contribution in [3.05, 3.63) is 34.3 Å². The zero-order valence-corrected chi connectivity index (χ0v) is 12.4. The lowest BCUT2D eigenvalue weighted by atomic mass is 10.2. The van der Waals surface area contributed by atoms with Crippen molar-refractivity contribution in [2.45, 2.75) is 12.3 Å². The van der Waals surface area contributed by atoms with Gasteiger partial charge in [-0.1, -0.05) is 28.1 Å². The Kier molecular flexibility index (Phi) is 4.50. The molecule has 0 unspecified atom stereocenters. The van der Waals surface area contributed by atoms with Crippen LogP contribution in [0, 0.1) is 0 Å². The van der Waals surface area contributed by atoms with E-state index in [4.69, 9.17) is 9.47 Å². The Morgan fingerprint density at radius 3 is 2.32 bits per heavy atom. The third-order valence-corrected chi connectivity index (χ3v) is 4.22. The molecule has 1 aromatic rings. The van der Waals surface area contributed by atoms with Crippen LogP contribution in [0.5, 0.6) is 0 Å². The molecule has 2 saturated heterocycles. The largest absolute Gasteiger partial charge is 0.347 e. The predicted octanol–water partition coefficient (Wildman–Crippen LogP) is 1.77. The summed E-state index contributed by atoms with van der Waals surface area (Å²) in [5.74, 6) is 0. The molecule has 3 rings (SSSR count). The van der Waals surface area contributed by atoms with Gasteiger partial charge in [0.2, 0.25) is 0 Å². The summed E-state index contributed by atoms with van der Waals surface area (Å²) in [7, 11) is 0. The van der Waals surface area contributed by atoms with Crippen LogP contribution in [0.25, 0.3) is 0 Å². The lowest BCUT2D eigenvalue weighted by molar-refractivity contribution is -0.209. The Balaban J connectivity index is 1.55. The third kappa shape index (κ3) is 3.35. The second-order valence-corrected chi connectivity index (χ2v) is 5.91. The summed E-state index contributed by atoms with van der Waals surface area (Å²) in [6.07, 6.45) is -0.215. The first-order valence-corrected chi connectivity index (χ1v) is 7.56. The average molecular weight is 327 g/mol. The van der Waals surface area contributed by atoms with Crippen molar-refractivity contribution < 1.29 is 9.47 Å². The fourth-order valence-electron chi connectivity index (χ4n) is 2.56. The van der Waals surface area contributed by atoms with Gasteiger partial charge in [-0.3, -0.25) is 4.90 Å². The molecule has 0 aliphatic carbocycles. The van der Waals surface area contributed by atoms with Gasteiger partial charge in [-0.2, -0.15) is 0 Å². The molecular formula is C14H19BrN2O2. The zero-order valence-electron chi connectivity index (χ0n) is 10.8. The highest BCUT2D eigenvalue weighted by molar-refractivity contribution is 9.10. The minimum absolute atomic E-state index is 0.215. The third-order valence-electron chi connectivity index (χ3n) is 3.69. The van der Waals surface area contributed by atoms with Crippen LogP contribution in [0.1, 0.15) is 11.9 Å². The number of hydrogen-bond donors (Lipinski definition) is 1. The van der Waals surface area contributed by atoms with E-state index in [1.807, 2.05) is 24.3 Å². The summed E-state index contributed by atoms with van der Waals surface area (Å²) < 4.78 is 12.8. The maximum absolute atomic E-state index is 5.87. The van der Waals surface area contributed by atoms with Gasteiger partial charge in [-0.25, -0.2) is 0 Å². The van der Waals surface area contributed by atoms with Crippen LogP contribution < -0.4 is 5.32 Å². The smallest absolute Gasteiger partial charge is 0.183 e. The molecule has 0 radical (unpaired) electrons. The van der Waals surface area contributed by atoms with E-state index >= 15 is 0 Å². The van der Waals surface area contributed by atoms with Crippen LogP contribution in [-0.2, 0) is 9.47 Å². The zero-order chi connectivity index (χ0) is 13.1. The number of halogens is 1. The van der Waals surface area contributed by atoms with Crippen molar-refractivity contribution in [2.75, 3.05) is 39.4 Å². The molecule has 1 aromatic carbocycles. The minimum Gasteiger partial charge on any atom is -0.347 e. The monoisotopic (exact) mass is 326 g/mol. The normalized spacial score (nSPS) is 29.3. The van der Waals surface area contributed by atoms with Gasteiger partial charge in [0.1, 0.15) is 0 Å². The lowest BCUT2D eigenvalue weighted by Gasteiger charge is -2.38. The molecule has 0 aromatic heterocycles. The summed E-state index contributed by atoms with van der Waals surface area (Å²) in [6.45, 7) is 5.79. The number of piperazine rings is 1. The maximum atomic E-state index is 5.87. The molecule has 2 heterocycles. The molecule has 0 amide bonds. The second kappa shape index (κ2) is 6.33. The van der Waals surface area contributed by atoms with Gasteiger partial charge in [0.15, 0.2) is 6.29 Å². The van der Waals surface area contributed by atoms with Crippen molar-refractivity contribution >= 4 is 15.9 Å². The number of nitrogens with zero attached hydrogens (tertiary/aromatic N) is 1. The molecule has 2 aliphatic heterocycles. The van der Waals surface area contributed by atoms with E-state index in [1.54, 1.807) is 0 Å². The Bertz CT molecular complexity index is 398. The molecule has 0 atom stereocenters. The maximum Gasteiger partial charge on any atom is 0.183 e. The number of rotatable bonds is 2. The van der Waals surface area contributed by atoms with Crippen molar-refractivity contribution in [2.24, 2.45) is 0 Å². The summed E-state index contributed by atoms with van der Waals surface area (Å²) in [5, 5.41) is 3.37. The van der Waals surface area contributed by atoms with Crippen LogP contribution >= 0.6 is 15.9 Å². The predicted molar refractivity (Wildman–Crippen MR) is 77.0 cm³/mol. The van der Waals surface area contributed by atoms with Crippen LogP contribution in [0.4, 0.5) is 0 Å². The standard InChI is InChI=1S/C14H19BrN2O2/c15-12-3-1-11(2-4-12)14-18-9-13(10-19-14)17-7-5-16-6-8-17/h1-4,13-14,16H,5-10H2. The molecule has 5 heteroatoms. The average Bonchev–Trinajstić information content (AvgIpc) is 2.49. The van der Waals surface area contributed by atoms with E-state index < -0.39 is 0 Å². The first-order chi connectivity index (χ1) is 9.33. The Labute approximate surface area is 122 Å². The molecule has 4 nitrogen and oxygen atoms in total. The molecular weight excluding hydrogens is 308 g/mol. The van der Waals surface area contributed by atoms with Crippen LogP contribution in [0.15, 0.2) is 28.7 Å². The highest BCUT2D eigenvalue weighted by atomic mass is 79.9. The summed E-state index contributed by atoms with van der Waals surface area (Å²) >= 11 is 3.44. The molecule has 2 aliphatic rings. The van der Waals surface area contributed by atoms with E-state index in [-0.39, 0.29) is 6.29 Å². The number of benzene rings is 1. The molecule has 19 heavy (non-hydrogen) atoms. The minimum atomic E-state index is -0.215. The molecule has 2 fully saturated rings. The van der Waals surface area contributed by atoms with Crippen LogP contribution in [-0.4, -0.2) is 50.3 Å². The molecule has 0 spiro atoms.